The second kappa shape index (κ2) is 5.35. The fourth-order valence-corrected chi connectivity index (χ4v) is 3.27. The minimum atomic E-state index is 0. The number of amides is 1. The van der Waals surface area contributed by atoms with Crippen molar-refractivity contribution in [2.75, 3.05) is 39.8 Å². The summed E-state index contributed by atoms with van der Waals surface area (Å²) in [6, 6.07) is 0.548. The predicted octanol–water partition coefficient (Wildman–Crippen LogP) is 0.714. The minimum Gasteiger partial charge on any atom is -0.342 e. The van der Waals surface area contributed by atoms with E-state index in [2.05, 4.69) is 10.2 Å². The first-order valence-corrected chi connectivity index (χ1v) is 6.87. The molecule has 2 heterocycles. The van der Waals surface area contributed by atoms with E-state index in [-0.39, 0.29) is 12.4 Å². The van der Waals surface area contributed by atoms with E-state index in [1.165, 1.54) is 25.7 Å². The maximum Gasteiger partial charge on any atom is 0.236 e. The average molecular weight is 274 g/mol. The van der Waals surface area contributed by atoms with Crippen LogP contribution in [0.4, 0.5) is 0 Å². The second-order valence-corrected chi connectivity index (χ2v) is 6.12. The molecule has 1 N–H and O–H groups in total. The van der Waals surface area contributed by atoms with Crippen LogP contribution in [0.2, 0.25) is 0 Å². The van der Waals surface area contributed by atoms with Crippen molar-refractivity contribution in [2.45, 2.75) is 31.7 Å². The van der Waals surface area contributed by atoms with E-state index in [0.717, 1.165) is 26.2 Å². The van der Waals surface area contributed by atoms with Crippen LogP contribution < -0.4 is 5.32 Å². The van der Waals surface area contributed by atoms with Gasteiger partial charge >= 0.3 is 0 Å². The lowest BCUT2D eigenvalue weighted by Gasteiger charge is -2.24. The zero-order chi connectivity index (χ0) is 11.9. The molecule has 3 aliphatic rings. The van der Waals surface area contributed by atoms with Crippen LogP contribution in [-0.4, -0.2) is 61.5 Å². The SMILES string of the molecule is CN(C(=O)CN1CCC2(CCNC2)C1)C1CC1.Cl. The lowest BCUT2D eigenvalue weighted by molar-refractivity contribution is -0.131. The molecular weight excluding hydrogens is 250 g/mol. The lowest BCUT2D eigenvalue weighted by atomic mass is 9.87. The number of likely N-dealkylation sites (N-methyl/N-ethyl adjacent to an activating group) is 1. The summed E-state index contributed by atoms with van der Waals surface area (Å²) in [6.45, 7) is 5.16. The Bertz CT molecular complexity index is 313. The summed E-state index contributed by atoms with van der Waals surface area (Å²) in [5.41, 5.74) is 0.485. The molecule has 1 atom stereocenters. The van der Waals surface area contributed by atoms with Crippen LogP contribution in [0.3, 0.4) is 0 Å². The van der Waals surface area contributed by atoms with Gasteiger partial charge in [0.1, 0.15) is 0 Å². The summed E-state index contributed by atoms with van der Waals surface area (Å²) in [5, 5.41) is 3.46. The van der Waals surface area contributed by atoms with Crippen molar-refractivity contribution in [2.24, 2.45) is 5.41 Å². The number of rotatable bonds is 3. The molecule has 1 saturated carbocycles. The van der Waals surface area contributed by atoms with Gasteiger partial charge in [-0.05, 0) is 44.2 Å². The van der Waals surface area contributed by atoms with Gasteiger partial charge in [-0.25, -0.2) is 0 Å². The highest BCUT2D eigenvalue weighted by Gasteiger charge is 2.41. The lowest BCUT2D eigenvalue weighted by Crippen LogP contribution is -2.39. The number of likely N-dealkylation sites (tertiary alicyclic amines) is 1. The molecule has 5 heteroatoms. The summed E-state index contributed by atoms with van der Waals surface area (Å²) < 4.78 is 0. The molecule has 2 aliphatic heterocycles. The zero-order valence-corrected chi connectivity index (χ0v) is 12.0. The highest BCUT2D eigenvalue weighted by Crippen LogP contribution is 2.36. The summed E-state index contributed by atoms with van der Waals surface area (Å²) in [4.78, 5) is 16.4. The molecule has 104 valence electrons. The van der Waals surface area contributed by atoms with Crippen molar-refractivity contribution in [3.05, 3.63) is 0 Å². The summed E-state index contributed by atoms with van der Waals surface area (Å²) in [5.74, 6) is 0.315. The Morgan fingerprint density at radius 3 is 2.83 bits per heavy atom. The zero-order valence-electron chi connectivity index (χ0n) is 11.2. The fraction of sp³-hybridized carbons (Fsp3) is 0.923. The van der Waals surface area contributed by atoms with Gasteiger partial charge in [-0.15, -0.1) is 12.4 Å². The molecule has 0 bridgehead atoms. The van der Waals surface area contributed by atoms with Gasteiger partial charge in [0.05, 0.1) is 6.54 Å². The topological polar surface area (TPSA) is 35.6 Å². The third-order valence-corrected chi connectivity index (χ3v) is 4.70. The first-order valence-electron chi connectivity index (χ1n) is 6.87. The van der Waals surface area contributed by atoms with Crippen LogP contribution in [-0.2, 0) is 4.79 Å². The largest absolute Gasteiger partial charge is 0.342 e. The molecule has 1 amide bonds. The van der Waals surface area contributed by atoms with Crippen molar-refractivity contribution < 1.29 is 4.79 Å². The number of carbonyl (C=O) groups excluding carboxylic acids is 1. The van der Waals surface area contributed by atoms with E-state index in [9.17, 15) is 4.79 Å². The molecular formula is C13H24ClN3O. The molecule has 2 saturated heterocycles. The molecule has 1 spiro atoms. The number of hydrogen-bond donors (Lipinski definition) is 1. The molecule has 1 unspecified atom stereocenters. The summed E-state index contributed by atoms with van der Waals surface area (Å²) in [6.07, 6.45) is 4.96. The van der Waals surface area contributed by atoms with E-state index in [4.69, 9.17) is 0 Å². The van der Waals surface area contributed by atoms with Crippen molar-refractivity contribution in [3.8, 4) is 0 Å². The molecule has 3 rings (SSSR count). The van der Waals surface area contributed by atoms with Crippen LogP contribution in [0.5, 0.6) is 0 Å². The van der Waals surface area contributed by atoms with Gasteiger partial charge < -0.3 is 10.2 Å². The third kappa shape index (κ3) is 2.81. The summed E-state index contributed by atoms with van der Waals surface area (Å²) >= 11 is 0. The van der Waals surface area contributed by atoms with Crippen LogP contribution in [0.1, 0.15) is 25.7 Å². The number of halogens is 1. The molecule has 0 radical (unpaired) electrons. The number of hydrogen-bond acceptors (Lipinski definition) is 3. The smallest absolute Gasteiger partial charge is 0.236 e. The second-order valence-electron chi connectivity index (χ2n) is 6.12. The van der Waals surface area contributed by atoms with E-state index in [1.54, 1.807) is 0 Å². The Balaban J connectivity index is 0.00000120. The quantitative estimate of drug-likeness (QED) is 0.823. The Morgan fingerprint density at radius 1 is 1.44 bits per heavy atom. The van der Waals surface area contributed by atoms with Crippen LogP contribution in [0.25, 0.3) is 0 Å². The molecule has 0 aromatic heterocycles. The highest BCUT2D eigenvalue weighted by atomic mass is 35.5. The van der Waals surface area contributed by atoms with Gasteiger partial charge in [0.15, 0.2) is 0 Å². The van der Waals surface area contributed by atoms with Gasteiger partial charge in [-0.3, -0.25) is 9.69 Å². The predicted molar refractivity (Wildman–Crippen MR) is 74.0 cm³/mol. The molecule has 18 heavy (non-hydrogen) atoms. The molecule has 3 fully saturated rings. The Morgan fingerprint density at radius 2 is 2.22 bits per heavy atom. The van der Waals surface area contributed by atoms with Crippen LogP contribution in [0, 0.1) is 5.41 Å². The van der Waals surface area contributed by atoms with Gasteiger partial charge in [0.25, 0.3) is 0 Å². The van der Waals surface area contributed by atoms with Gasteiger partial charge in [-0.1, -0.05) is 0 Å². The van der Waals surface area contributed by atoms with Crippen LogP contribution in [0.15, 0.2) is 0 Å². The number of carbonyl (C=O) groups is 1. The van der Waals surface area contributed by atoms with Gasteiger partial charge in [0, 0.05) is 26.2 Å². The number of nitrogens with zero attached hydrogens (tertiary/aromatic N) is 2. The van der Waals surface area contributed by atoms with Crippen LogP contribution >= 0.6 is 12.4 Å². The Kier molecular flexibility index (Phi) is 4.19. The fourth-order valence-electron chi connectivity index (χ4n) is 3.27. The Hall–Kier alpha value is -0.320. The van der Waals surface area contributed by atoms with E-state index >= 15 is 0 Å². The molecule has 0 aromatic rings. The standard InChI is InChI=1S/C13H23N3O.ClH/c1-15(11-2-3-11)12(17)8-16-7-5-13(10-16)4-6-14-9-13;/h11,14H,2-10H2,1H3;1H. The van der Waals surface area contributed by atoms with Crippen molar-refractivity contribution >= 4 is 18.3 Å². The Labute approximate surface area is 115 Å². The highest BCUT2D eigenvalue weighted by molar-refractivity contribution is 5.85. The monoisotopic (exact) mass is 273 g/mol. The van der Waals surface area contributed by atoms with Crippen molar-refractivity contribution in [1.29, 1.82) is 0 Å². The number of nitrogens with one attached hydrogen (secondary N) is 1. The maximum atomic E-state index is 12.1. The molecule has 4 nitrogen and oxygen atoms in total. The first-order chi connectivity index (χ1) is 8.19. The van der Waals surface area contributed by atoms with Gasteiger partial charge in [0.2, 0.25) is 5.91 Å². The first kappa shape index (κ1) is 14.1. The summed E-state index contributed by atoms with van der Waals surface area (Å²) in [7, 11) is 1.96. The van der Waals surface area contributed by atoms with E-state index in [1.807, 2.05) is 11.9 Å². The van der Waals surface area contributed by atoms with Gasteiger partial charge in [-0.2, -0.15) is 0 Å². The van der Waals surface area contributed by atoms with E-state index < -0.39 is 0 Å². The minimum absolute atomic E-state index is 0. The van der Waals surface area contributed by atoms with Crippen molar-refractivity contribution in [1.82, 2.24) is 15.1 Å². The average Bonchev–Trinajstić information content (AvgIpc) is 2.96. The maximum absolute atomic E-state index is 12.1. The van der Waals surface area contributed by atoms with Crippen molar-refractivity contribution in [3.63, 3.8) is 0 Å². The molecule has 1 aliphatic carbocycles. The van der Waals surface area contributed by atoms with E-state index in [0.29, 0.717) is 23.9 Å². The third-order valence-electron chi connectivity index (χ3n) is 4.70. The normalized spacial score (nSPS) is 31.6. The molecule has 0 aromatic carbocycles.